The van der Waals surface area contributed by atoms with E-state index in [2.05, 4.69) is 5.32 Å². The van der Waals surface area contributed by atoms with Crippen LogP contribution in [-0.4, -0.2) is 5.91 Å². The van der Waals surface area contributed by atoms with Crippen LogP contribution in [0.2, 0.25) is 5.02 Å². The van der Waals surface area contributed by atoms with Crippen molar-refractivity contribution < 1.29 is 4.79 Å². The number of benzene rings is 2. The van der Waals surface area contributed by atoms with Crippen molar-refractivity contribution in [1.29, 1.82) is 0 Å². The Morgan fingerprint density at radius 3 is 2.68 bits per heavy atom. The number of halogens is 1. The number of carbonyl (C=O) groups is 1. The summed E-state index contributed by atoms with van der Waals surface area (Å²) in [7, 11) is 0. The first-order valence-electron chi connectivity index (χ1n) is 6.68. The van der Waals surface area contributed by atoms with Crippen LogP contribution >= 0.6 is 34.3 Å². The fourth-order valence-corrected chi connectivity index (χ4v) is 4.93. The van der Waals surface area contributed by atoms with Crippen molar-refractivity contribution in [2.45, 2.75) is 0 Å². The first-order valence-corrected chi connectivity index (χ1v) is 8.75. The van der Waals surface area contributed by atoms with Gasteiger partial charge in [-0.3, -0.25) is 4.79 Å². The molecule has 5 heteroatoms. The second kappa shape index (κ2) is 5.39. The highest BCUT2D eigenvalue weighted by Crippen LogP contribution is 2.39. The van der Waals surface area contributed by atoms with Crippen molar-refractivity contribution >= 4 is 66.0 Å². The molecular weight excluding hydrogens is 334 g/mol. The van der Waals surface area contributed by atoms with Crippen LogP contribution in [0.4, 0.5) is 5.69 Å². The van der Waals surface area contributed by atoms with Crippen LogP contribution < -0.4 is 5.32 Å². The lowest BCUT2D eigenvalue weighted by molar-refractivity contribution is 0.103. The molecule has 2 nitrogen and oxygen atoms in total. The Morgan fingerprint density at radius 1 is 1.05 bits per heavy atom. The molecule has 1 amide bonds. The molecule has 0 bridgehead atoms. The van der Waals surface area contributed by atoms with E-state index in [4.69, 9.17) is 11.6 Å². The van der Waals surface area contributed by atoms with E-state index >= 15 is 0 Å². The van der Waals surface area contributed by atoms with Crippen LogP contribution in [-0.2, 0) is 0 Å². The van der Waals surface area contributed by atoms with Crippen LogP contribution in [0, 0.1) is 0 Å². The smallest absolute Gasteiger partial charge is 0.267 e. The molecule has 0 saturated heterocycles. The van der Waals surface area contributed by atoms with Crippen LogP contribution in [0.25, 0.3) is 20.2 Å². The number of amides is 1. The quantitative estimate of drug-likeness (QED) is 0.473. The Kier molecular flexibility index (Phi) is 3.37. The van der Waals surface area contributed by atoms with Gasteiger partial charge in [-0.1, -0.05) is 41.9 Å². The van der Waals surface area contributed by atoms with Crippen LogP contribution in [0.3, 0.4) is 0 Å². The van der Waals surface area contributed by atoms with Crippen molar-refractivity contribution in [3.8, 4) is 0 Å². The molecule has 0 aliphatic carbocycles. The summed E-state index contributed by atoms with van der Waals surface area (Å²) in [6, 6.07) is 15.9. The average molecular weight is 344 g/mol. The minimum absolute atomic E-state index is 0.159. The predicted molar refractivity (Wildman–Crippen MR) is 96.6 cm³/mol. The summed E-state index contributed by atoms with van der Waals surface area (Å²) < 4.78 is 2.04. The Balaban J connectivity index is 1.67. The third-order valence-electron chi connectivity index (χ3n) is 3.45. The molecule has 0 aliphatic heterocycles. The van der Waals surface area contributed by atoms with Crippen molar-refractivity contribution in [1.82, 2.24) is 0 Å². The molecular formula is C17H10ClNOS2. The molecule has 108 valence electrons. The molecule has 0 fully saturated rings. The van der Waals surface area contributed by atoms with Crippen LogP contribution in [0.5, 0.6) is 0 Å². The molecule has 2 heterocycles. The Labute approximate surface area is 140 Å². The summed E-state index contributed by atoms with van der Waals surface area (Å²) in [5, 5.41) is 7.71. The maximum absolute atomic E-state index is 12.5. The van der Waals surface area contributed by atoms with Gasteiger partial charge in [-0.05, 0) is 34.4 Å². The molecule has 0 unspecified atom stereocenters. The van der Waals surface area contributed by atoms with E-state index in [0.29, 0.717) is 9.90 Å². The van der Waals surface area contributed by atoms with E-state index in [-0.39, 0.29) is 5.91 Å². The monoisotopic (exact) mass is 343 g/mol. The first-order chi connectivity index (χ1) is 10.7. The van der Waals surface area contributed by atoms with E-state index in [1.807, 2.05) is 53.9 Å². The van der Waals surface area contributed by atoms with Gasteiger partial charge >= 0.3 is 0 Å². The first kappa shape index (κ1) is 13.8. The predicted octanol–water partition coefficient (Wildman–Crippen LogP) is 6.02. The van der Waals surface area contributed by atoms with Crippen molar-refractivity contribution in [2.24, 2.45) is 0 Å². The summed E-state index contributed by atoms with van der Waals surface area (Å²) in [6.07, 6.45) is 0. The van der Waals surface area contributed by atoms with Gasteiger partial charge in [-0.2, -0.15) is 0 Å². The fourth-order valence-electron chi connectivity index (χ4n) is 2.40. The highest BCUT2D eigenvalue weighted by molar-refractivity contribution is 7.29. The molecule has 22 heavy (non-hydrogen) atoms. The van der Waals surface area contributed by atoms with E-state index in [1.54, 1.807) is 11.3 Å². The highest BCUT2D eigenvalue weighted by Gasteiger charge is 2.18. The number of rotatable bonds is 2. The second-order valence-corrected chi connectivity index (χ2v) is 7.22. The van der Waals surface area contributed by atoms with Crippen molar-refractivity contribution in [3.63, 3.8) is 0 Å². The number of nitrogens with one attached hydrogen (secondary N) is 1. The van der Waals surface area contributed by atoms with Gasteiger partial charge in [0, 0.05) is 10.4 Å². The Morgan fingerprint density at radius 2 is 1.86 bits per heavy atom. The molecule has 1 N–H and O–H groups in total. The van der Waals surface area contributed by atoms with Crippen LogP contribution in [0.1, 0.15) is 9.67 Å². The topological polar surface area (TPSA) is 29.1 Å². The zero-order valence-corrected chi connectivity index (χ0v) is 13.7. The molecule has 2 aromatic heterocycles. The Bertz CT molecular complexity index is 1000. The lowest BCUT2D eigenvalue weighted by atomic mass is 10.1. The number of fused-ring (bicyclic) bond motifs is 2. The van der Waals surface area contributed by atoms with Gasteiger partial charge in [0.05, 0.1) is 9.72 Å². The summed E-state index contributed by atoms with van der Waals surface area (Å²) in [5.41, 5.74) is 0.775. The maximum Gasteiger partial charge on any atom is 0.267 e. The number of carbonyl (C=O) groups excluding carboxylic acids is 1. The minimum Gasteiger partial charge on any atom is -0.321 e. The lowest BCUT2D eigenvalue weighted by Crippen LogP contribution is -2.10. The molecule has 4 aromatic rings. The van der Waals surface area contributed by atoms with Crippen LogP contribution in [0.15, 0.2) is 53.9 Å². The van der Waals surface area contributed by atoms with E-state index in [1.165, 1.54) is 11.3 Å². The van der Waals surface area contributed by atoms with Gasteiger partial charge in [0.15, 0.2) is 0 Å². The lowest BCUT2D eigenvalue weighted by Gasteiger charge is -2.05. The third-order valence-corrected chi connectivity index (χ3v) is 6.27. The van der Waals surface area contributed by atoms with Gasteiger partial charge < -0.3 is 5.32 Å². The standard InChI is InChI=1S/C17H10ClNOS2/c18-14-15-13(7-8-21-15)22-16(14)17(20)19-12-6-5-10-3-1-2-4-11(10)9-12/h1-9H,(H,19,20). The molecule has 0 aliphatic rings. The third kappa shape index (κ3) is 2.29. The molecule has 0 atom stereocenters. The van der Waals surface area contributed by atoms with E-state index in [0.717, 1.165) is 25.9 Å². The van der Waals surface area contributed by atoms with Gasteiger partial charge in [-0.15, -0.1) is 22.7 Å². The zero-order chi connectivity index (χ0) is 15.1. The summed E-state index contributed by atoms with van der Waals surface area (Å²) in [5.74, 6) is -0.159. The number of thiophene rings is 2. The number of hydrogen-bond donors (Lipinski definition) is 1. The van der Waals surface area contributed by atoms with Crippen molar-refractivity contribution in [2.75, 3.05) is 5.32 Å². The highest BCUT2D eigenvalue weighted by atomic mass is 35.5. The van der Waals surface area contributed by atoms with Gasteiger partial charge in [0.25, 0.3) is 5.91 Å². The van der Waals surface area contributed by atoms with E-state index < -0.39 is 0 Å². The van der Waals surface area contributed by atoms with Gasteiger partial charge in [-0.25, -0.2) is 0 Å². The normalized spacial score (nSPS) is 11.1. The fraction of sp³-hybridized carbons (Fsp3) is 0. The SMILES string of the molecule is O=C(Nc1ccc2ccccc2c1)c1sc2ccsc2c1Cl. The summed E-state index contributed by atoms with van der Waals surface area (Å²) >= 11 is 9.30. The zero-order valence-electron chi connectivity index (χ0n) is 11.3. The average Bonchev–Trinajstić information content (AvgIpc) is 3.10. The second-order valence-electron chi connectivity index (χ2n) is 4.88. The number of hydrogen-bond acceptors (Lipinski definition) is 3. The van der Waals surface area contributed by atoms with Gasteiger partial charge in [0.1, 0.15) is 4.88 Å². The molecule has 0 spiro atoms. The summed E-state index contributed by atoms with van der Waals surface area (Å²) in [4.78, 5) is 13.0. The van der Waals surface area contributed by atoms with Crippen molar-refractivity contribution in [3.05, 3.63) is 63.8 Å². The van der Waals surface area contributed by atoms with Gasteiger partial charge in [0.2, 0.25) is 0 Å². The molecule has 4 rings (SSSR count). The van der Waals surface area contributed by atoms with E-state index in [9.17, 15) is 4.79 Å². The largest absolute Gasteiger partial charge is 0.321 e. The maximum atomic E-state index is 12.5. The molecule has 0 saturated carbocycles. The molecule has 2 aromatic carbocycles. The molecule has 0 radical (unpaired) electrons. The summed E-state index contributed by atoms with van der Waals surface area (Å²) in [6.45, 7) is 0. The Hall–Kier alpha value is -1.88. The number of anilines is 1. The minimum atomic E-state index is -0.159.